The van der Waals surface area contributed by atoms with Crippen LogP contribution in [-0.2, 0) is 29.2 Å². The maximum Gasteiger partial charge on any atom is 0.333 e. The largest absolute Gasteiger partial charge is 0.497 e. The molecule has 0 aliphatic heterocycles. The third kappa shape index (κ3) is 5.15. The van der Waals surface area contributed by atoms with Gasteiger partial charge in [0.1, 0.15) is 18.0 Å². The van der Waals surface area contributed by atoms with Gasteiger partial charge in [-0.1, -0.05) is 30.3 Å². The lowest BCUT2D eigenvalue weighted by atomic mass is 10.2. The SMILES string of the molecule is COCCn1cnc2c1c(=O)n(CC(=O)Nc1cc(OC)cc(OC)c1)c(=O)n2Cc1ccccc1. The average molecular weight is 494 g/mol. The molecule has 0 bridgehead atoms. The van der Waals surface area contributed by atoms with Crippen molar-refractivity contribution < 1.29 is 19.0 Å². The monoisotopic (exact) mass is 493 g/mol. The predicted octanol–water partition coefficient (Wildman–Crippen LogP) is 1.71. The molecule has 188 valence electrons. The first-order chi connectivity index (χ1) is 17.4. The van der Waals surface area contributed by atoms with Crippen molar-refractivity contribution in [1.29, 1.82) is 0 Å². The number of ether oxygens (including phenoxy) is 3. The summed E-state index contributed by atoms with van der Waals surface area (Å²) in [5.41, 5.74) is 0.487. The van der Waals surface area contributed by atoms with Crippen molar-refractivity contribution in [2.24, 2.45) is 0 Å². The van der Waals surface area contributed by atoms with Crippen molar-refractivity contribution >= 4 is 22.8 Å². The molecule has 2 heterocycles. The second-order valence-corrected chi connectivity index (χ2v) is 8.00. The van der Waals surface area contributed by atoms with Crippen LogP contribution in [0.3, 0.4) is 0 Å². The molecule has 0 aliphatic carbocycles. The lowest BCUT2D eigenvalue weighted by Crippen LogP contribution is -2.43. The molecule has 1 amide bonds. The van der Waals surface area contributed by atoms with Gasteiger partial charge in [-0.25, -0.2) is 14.3 Å². The molecule has 2 aromatic heterocycles. The second-order valence-electron chi connectivity index (χ2n) is 8.00. The normalized spacial score (nSPS) is 11.0. The van der Waals surface area contributed by atoms with Gasteiger partial charge in [0, 0.05) is 37.5 Å². The molecule has 0 aliphatic rings. The van der Waals surface area contributed by atoms with Crippen molar-refractivity contribution in [2.45, 2.75) is 19.6 Å². The number of carbonyl (C=O) groups is 1. The van der Waals surface area contributed by atoms with E-state index in [4.69, 9.17) is 14.2 Å². The van der Waals surface area contributed by atoms with E-state index in [1.807, 2.05) is 30.3 Å². The quantitative estimate of drug-likeness (QED) is 0.357. The van der Waals surface area contributed by atoms with Gasteiger partial charge in [-0.3, -0.25) is 14.2 Å². The van der Waals surface area contributed by atoms with Crippen LogP contribution in [0.15, 0.2) is 64.4 Å². The Labute approximate surface area is 206 Å². The minimum atomic E-state index is -0.633. The van der Waals surface area contributed by atoms with Crippen molar-refractivity contribution in [1.82, 2.24) is 18.7 Å². The highest BCUT2D eigenvalue weighted by molar-refractivity contribution is 5.91. The second kappa shape index (κ2) is 10.9. The number of aromatic nitrogens is 4. The number of nitrogens with zero attached hydrogens (tertiary/aromatic N) is 4. The van der Waals surface area contributed by atoms with Crippen molar-refractivity contribution in [2.75, 3.05) is 33.3 Å². The number of hydrogen-bond donors (Lipinski definition) is 1. The Kier molecular flexibility index (Phi) is 7.50. The highest BCUT2D eigenvalue weighted by atomic mass is 16.5. The molecule has 0 spiro atoms. The molecule has 36 heavy (non-hydrogen) atoms. The summed E-state index contributed by atoms with van der Waals surface area (Å²) in [6, 6.07) is 14.2. The van der Waals surface area contributed by atoms with E-state index in [-0.39, 0.29) is 17.7 Å². The average Bonchev–Trinajstić information content (AvgIpc) is 3.32. The van der Waals surface area contributed by atoms with Crippen LogP contribution < -0.4 is 26.0 Å². The summed E-state index contributed by atoms with van der Waals surface area (Å²) >= 11 is 0. The first-order valence-corrected chi connectivity index (χ1v) is 11.2. The fourth-order valence-corrected chi connectivity index (χ4v) is 3.87. The number of imidazole rings is 1. The zero-order valence-corrected chi connectivity index (χ0v) is 20.3. The number of anilines is 1. The van der Waals surface area contributed by atoms with Crippen LogP contribution in [0.4, 0.5) is 5.69 Å². The summed E-state index contributed by atoms with van der Waals surface area (Å²) < 4.78 is 19.6. The molecule has 0 radical (unpaired) electrons. The van der Waals surface area contributed by atoms with E-state index in [0.29, 0.717) is 30.3 Å². The lowest BCUT2D eigenvalue weighted by Gasteiger charge is -2.13. The zero-order chi connectivity index (χ0) is 25.7. The molecule has 11 nitrogen and oxygen atoms in total. The van der Waals surface area contributed by atoms with Crippen LogP contribution in [0.25, 0.3) is 11.2 Å². The molecule has 0 atom stereocenters. The summed E-state index contributed by atoms with van der Waals surface area (Å²) in [4.78, 5) is 44.2. The van der Waals surface area contributed by atoms with E-state index < -0.39 is 23.7 Å². The topological polar surface area (TPSA) is 119 Å². The Hall–Kier alpha value is -4.38. The van der Waals surface area contributed by atoms with Crippen molar-refractivity contribution in [3.63, 3.8) is 0 Å². The molecule has 0 saturated carbocycles. The van der Waals surface area contributed by atoms with Gasteiger partial charge in [-0.05, 0) is 5.56 Å². The third-order valence-electron chi connectivity index (χ3n) is 5.64. The van der Waals surface area contributed by atoms with Gasteiger partial charge in [-0.15, -0.1) is 0 Å². The Balaban J connectivity index is 1.75. The summed E-state index contributed by atoms with van der Waals surface area (Å²) in [6.07, 6.45) is 1.50. The van der Waals surface area contributed by atoms with Gasteiger partial charge in [0.05, 0.1) is 33.7 Å². The summed E-state index contributed by atoms with van der Waals surface area (Å²) in [5, 5.41) is 2.71. The maximum absolute atomic E-state index is 13.5. The molecule has 2 aromatic carbocycles. The molecule has 4 rings (SSSR count). The van der Waals surface area contributed by atoms with Crippen LogP contribution in [0.5, 0.6) is 11.5 Å². The fourth-order valence-electron chi connectivity index (χ4n) is 3.87. The van der Waals surface area contributed by atoms with Crippen molar-refractivity contribution in [3.05, 3.63) is 81.3 Å². The standard InChI is InChI=1S/C25H27N5O6/c1-34-10-9-28-16-26-23-22(28)24(32)30(25(33)29(23)14-17-7-5-4-6-8-17)15-21(31)27-18-11-19(35-2)13-20(12-18)36-3/h4-8,11-13,16H,9-10,14-15H2,1-3H3,(H,27,31). The minimum Gasteiger partial charge on any atom is -0.497 e. The number of fused-ring (bicyclic) bond motifs is 1. The first kappa shape index (κ1) is 24.7. The number of nitrogens with one attached hydrogen (secondary N) is 1. The Morgan fingerprint density at radius 1 is 0.972 bits per heavy atom. The van der Waals surface area contributed by atoms with Crippen LogP contribution >= 0.6 is 0 Å². The van der Waals surface area contributed by atoms with E-state index in [9.17, 15) is 14.4 Å². The Morgan fingerprint density at radius 3 is 2.31 bits per heavy atom. The summed E-state index contributed by atoms with van der Waals surface area (Å²) in [5.74, 6) is 0.407. The van der Waals surface area contributed by atoms with Gasteiger partial charge in [-0.2, -0.15) is 0 Å². The van der Waals surface area contributed by atoms with Gasteiger partial charge >= 0.3 is 5.69 Å². The highest BCUT2D eigenvalue weighted by Gasteiger charge is 2.20. The van der Waals surface area contributed by atoms with Crippen LogP contribution in [0.2, 0.25) is 0 Å². The highest BCUT2D eigenvalue weighted by Crippen LogP contribution is 2.25. The van der Waals surface area contributed by atoms with E-state index in [1.165, 1.54) is 25.1 Å². The number of benzene rings is 2. The van der Waals surface area contributed by atoms with Crippen molar-refractivity contribution in [3.8, 4) is 11.5 Å². The smallest absolute Gasteiger partial charge is 0.333 e. The Bertz CT molecular complexity index is 1470. The van der Waals surface area contributed by atoms with Crippen LogP contribution in [0, 0.1) is 0 Å². The first-order valence-electron chi connectivity index (χ1n) is 11.2. The molecule has 0 saturated heterocycles. The number of carbonyl (C=O) groups excluding carboxylic acids is 1. The fraction of sp³-hybridized carbons (Fsp3) is 0.280. The van der Waals surface area contributed by atoms with Gasteiger partial charge in [0.2, 0.25) is 5.91 Å². The predicted molar refractivity (Wildman–Crippen MR) is 134 cm³/mol. The van der Waals surface area contributed by atoms with E-state index >= 15 is 0 Å². The third-order valence-corrected chi connectivity index (χ3v) is 5.64. The van der Waals surface area contributed by atoms with Crippen LogP contribution in [0.1, 0.15) is 5.56 Å². The molecule has 1 N–H and O–H groups in total. The number of rotatable bonds is 10. The zero-order valence-electron chi connectivity index (χ0n) is 20.3. The molecule has 11 heteroatoms. The molecular formula is C25H27N5O6. The molecular weight excluding hydrogens is 466 g/mol. The van der Waals surface area contributed by atoms with E-state index in [2.05, 4.69) is 10.3 Å². The van der Waals surface area contributed by atoms with Crippen LogP contribution in [-0.4, -0.2) is 52.5 Å². The minimum absolute atomic E-state index is 0.187. The summed E-state index contributed by atoms with van der Waals surface area (Å²) in [6.45, 7) is 0.409. The number of amides is 1. The molecule has 0 unspecified atom stereocenters. The van der Waals surface area contributed by atoms with E-state index in [1.54, 1.807) is 29.9 Å². The van der Waals surface area contributed by atoms with E-state index in [0.717, 1.165) is 10.1 Å². The van der Waals surface area contributed by atoms with Gasteiger partial charge in [0.25, 0.3) is 5.56 Å². The lowest BCUT2D eigenvalue weighted by molar-refractivity contribution is -0.116. The number of hydrogen-bond acceptors (Lipinski definition) is 7. The van der Waals surface area contributed by atoms with Gasteiger partial charge < -0.3 is 24.1 Å². The van der Waals surface area contributed by atoms with Gasteiger partial charge in [0.15, 0.2) is 11.2 Å². The summed E-state index contributed by atoms with van der Waals surface area (Å²) in [7, 11) is 4.55. The maximum atomic E-state index is 13.5. The molecule has 0 fully saturated rings. The molecule has 4 aromatic rings. The Morgan fingerprint density at radius 2 is 1.67 bits per heavy atom. The number of methoxy groups -OCH3 is 3.